The average molecular weight is 276 g/mol. The second-order valence-corrected chi connectivity index (χ2v) is 5.58. The smallest absolute Gasteiger partial charge is 0.244 e. The molecule has 0 heterocycles. The Labute approximate surface area is 120 Å². The molecule has 3 N–H and O–H groups in total. The molecule has 0 bridgehead atoms. The highest BCUT2D eigenvalue weighted by molar-refractivity contribution is 5.98. The number of hydrogen-bond acceptors (Lipinski definition) is 3. The molecule has 1 aromatic carbocycles. The van der Waals surface area contributed by atoms with E-state index in [9.17, 15) is 4.79 Å². The SMILES string of the molecule is CCOc1ccc(NC(=O)C2(N)CCCCC2)c(C)c1. The van der Waals surface area contributed by atoms with Crippen molar-refractivity contribution in [3.05, 3.63) is 23.8 Å². The number of anilines is 1. The van der Waals surface area contributed by atoms with Gasteiger partial charge in [-0.15, -0.1) is 0 Å². The first-order valence-electron chi connectivity index (χ1n) is 7.39. The van der Waals surface area contributed by atoms with Crippen molar-refractivity contribution in [2.75, 3.05) is 11.9 Å². The Morgan fingerprint density at radius 1 is 1.35 bits per heavy atom. The van der Waals surface area contributed by atoms with Crippen molar-refractivity contribution < 1.29 is 9.53 Å². The van der Waals surface area contributed by atoms with Gasteiger partial charge in [0.05, 0.1) is 12.1 Å². The molecule has 1 aromatic rings. The fraction of sp³-hybridized carbons (Fsp3) is 0.562. The van der Waals surface area contributed by atoms with E-state index >= 15 is 0 Å². The van der Waals surface area contributed by atoms with Crippen molar-refractivity contribution in [3.8, 4) is 5.75 Å². The Balaban J connectivity index is 2.07. The third-order valence-electron chi connectivity index (χ3n) is 3.96. The molecule has 0 saturated heterocycles. The maximum absolute atomic E-state index is 12.4. The molecule has 110 valence electrons. The van der Waals surface area contributed by atoms with Crippen molar-refractivity contribution in [1.82, 2.24) is 0 Å². The third kappa shape index (κ3) is 3.31. The van der Waals surface area contributed by atoms with Crippen LogP contribution in [-0.4, -0.2) is 18.1 Å². The molecule has 1 amide bonds. The van der Waals surface area contributed by atoms with Gasteiger partial charge in [0.2, 0.25) is 5.91 Å². The number of hydrogen-bond donors (Lipinski definition) is 2. The number of carbonyl (C=O) groups is 1. The zero-order valence-electron chi connectivity index (χ0n) is 12.4. The quantitative estimate of drug-likeness (QED) is 0.888. The molecule has 0 atom stereocenters. The molecule has 1 aliphatic carbocycles. The molecule has 0 aromatic heterocycles. The molecule has 0 aliphatic heterocycles. The number of amides is 1. The summed E-state index contributed by atoms with van der Waals surface area (Å²) in [4.78, 5) is 12.4. The Morgan fingerprint density at radius 2 is 2.05 bits per heavy atom. The predicted octanol–water partition coefficient (Wildman–Crippen LogP) is 2.99. The van der Waals surface area contributed by atoms with E-state index in [0.717, 1.165) is 42.7 Å². The first kappa shape index (κ1) is 14.9. The van der Waals surface area contributed by atoms with Crippen molar-refractivity contribution >= 4 is 11.6 Å². The van der Waals surface area contributed by atoms with Gasteiger partial charge in [0, 0.05) is 5.69 Å². The van der Waals surface area contributed by atoms with Gasteiger partial charge < -0.3 is 15.8 Å². The Morgan fingerprint density at radius 3 is 2.65 bits per heavy atom. The van der Waals surface area contributed by atoms with Crippen LogP contribution in [0.1, 0.15) is 44.6 Å². The lowest BCUT2D eigenvalue weighted by molar-refractivity contribution is -0.122. The van der Waals surface area contributed by atoms with Gasteiger partial charge in [-0.1, -0.05) is 19.3 Å². The molecule has 1 saturated carbocycles. The minimum atomic E-state index is -0.705. The maximum Gasteiger partial charge on any atom is 0.244 e. The van der Waals surface area contributed by atoms with Gasteiger partial charge in [0.1, 0.15) is 5.75 Å². The molecule has 1 aliphatic rings. The lowest BCUT2D eigenvalue weighted by atomic mass is 9.82. The highest BCUT2D eigenvalue weighted by Crippen LogP contribution is 2.28. The summed E-state index contributed by atoms with van der Waals surface area (Å²) in [6.07, 6.45) is 4.79. The minimum absolute atomic E-state index is 0.0653. The summed E-state index contributed by atoms with van der Waals surface area (Å²) in [5.74, 6) is 0.757. The third-order valence-corrected chi connectivity index (χ3v) is 3.96. The van der Waals surface area contributed by atoms with E-state index in [-0.39, 0.29) is 5.91 Å². The molecule has 0 radical (unpaired) electrons. The van der Waals surface area contributed by atoms with Gasteiger partial charge in [-0.2, -0.15) is 0 Å². The van der Waals surface area contributed by atoms with Crippen LogP contribution in [0.25, 0.3) is 0 Å². The summed E-state index contributed by atoms with van der Waals surface area (Å²) >= 11 is 0. The van der Waals surface area contributed by atoms with E-state index in [1.165, 1.54) is 6.42 Å². The van der Waals surface area contributed by atoms with Gasteiger partial charge in [-0.05, 0) is 50.5 Å². The zero-order valence-corrected chi connectivity index (χ0v) is 12.4. The van der Waals surface area contributed by atoms with Gasteiger partial charge in [0.25, 0.3) is 0 Å². The number of nitrogens with two attached hydrogens (primary N) is 1. The molecule has 4 heteroatoms. The Hall–Kier alpha value is -1.55. The van der Waals surface area contributed by atoms with Crippen LogP contribution in [-0.2, 0) is 4.79 Å². The first-order chi connectivity index (χ1) is 9.55. The normalized spacial score (nSPS) is 17.6. The second-order valence-electron chi connectivity index (χ2n) is 5.58. The lowest BCUT2D eigenvalue weighted by Gasteiger charge is -2.32. The summed E-state index contributed by atoms with van der Waals surface area (Å²) in [7, 11) is 0. The summed E-state index contributed by atoms with van der Waals surface area (Å²) < 4.78 is 5.45. The van der Waals surface area contributed by atoms with Crippen LogP contribution in [0.2, 0.25) is 0 Å². The van der Waals surface area contributed by atoms with Crippen molar-refractivity contribution in [1.29, 1.82) is 0 Å². The summed E-state index contributed by atoms with van der Waals surface area (Å²) in [6.45, 7) is 4.55. The fourth-order valence-electron chi connectivity index (χ4n) is 2.69. The van der Waals surface area contributed by atoms with Gasteiger partial charge in [-0.3, -0.25) is 4.79 Å². The van der Waals surface area contributed by atoms with Crippen molar-refractivity contribution in [3.63, 3.8) is 0 Å². The van der Waals surface area contributed by atoms with Crippen LogP contribution in [0.5, 0.6) is 5.75 Å². The van der Waals surface area contributed by atoms with Gasteiger partial charge in [0.15, 0.2) is 0 Å². The molecule has 1 fully saturated rings. The van der Waals surface area contributed by atoms with Crippen LogP contribution in [0.15, 0.2) is 18.2 Å². The average Bonchev–Trinajstić information content (AvgIpc) is 2.43. The number of ether oxygens (including phenoxy) is 1. The molecule has 2 rings (SSSR count). The van der Waals surface area contributed by atoms with Gasteiger partial charge in [-0.25, -0.2) is 0 Å². The zero-order chi connectivity index (χ0) is 14.6. The molecule has 4 nitrogen and oxygen atoms in total. The van der Waals surface area contributed by atoms with Crippen LogP contribution in [0.4, 0.5) is 5.69 Å². The van der Waals surface area contributed by atoms with E-state index < -0.39 is 5.54 Å². The highest BCUT2D eigenvalue weighted by atomic mass is 16.5. The standard InChI is InChI=1S/C16H24N2O2/c1-3-20-13-7-8-14(12(2)11-13)18-15(19)16(17)9-5-4-6-10-16/h7-8,11H,3-6,9-10,17H2,1-2H3,(H,18,19). The largest absolute Gasteiger partial charge is 0.494 e. The summed E-state index contributed by atoms with van der Waals surface area (Å²) in [5.41, 5.74) is 7.34. The van der Waals surface area contributed by atoms with Crippen LogP contribution in [0.3, 0.4) is 0 Å². The lowest BCUT2D eigenvalue weighted by Crippen LogP contribution is -2.52. The number of rotatable bonds is 4. The van der Waals surface area contributed by atoms with E-state index in [0.29, 0.717) is 6.61 Å². The Bertz CT molecular complexity index is 479. The second kappa shape index (κ2) is 6.27. The van der Waals surface area contributed by atoms with E-state index in [1.54, 1.807) is 0 Å². The number of benzene rings is 1. The number of nitrogens with one attached hydrogen (secondary N) is 1. The van der Waals surface area contributed by atoms with E-state index in [2.05, 4.69) is 5.32 Å². The molecule has 20 heavy (non-hydrogen) atoms. The molecule has 0 spiro atoms. The first-order valence-corrected chi connectivity index (χ1v) is 7.39. The molecular formula is C16H24N2O2. The Kier molecular flexibility index (Phi) is 4.65. The highest BCUT2D eigenvalue weighted by Gasteiger charge is 2.35. The minimum Gasteiger partial charge on any atom is -0.494 e. The van der Waals surface area contributed by atoms with E-state index in [4.69, 9.17) is 10.5 Å². The fourth-order valence-corrected chi connectivity index (χ4v) is 2.69. The van der Waals surface area contributed by atoms with Crippen LogP contribution in [0, 0.1) is 6.92 Å². The predicted molar refractivity (Wildman–Crippen MR) is 81.0 cm³/mol. The number of carbonyl (C=O) groups excluding carboxylic acids is 1. The summed E-state index contributed by atoms with van der Waals surface area (Å²) in [6, 6.07) is 5.68. The van der Waals surface area contributed by atoms with E-state index in [1.807, 2.05) is 32.0 Å². The maximum atomic E-state index is 12.4. The van der Waals surface area contributed by atoms with Crippen LogP contribution < -0.4 is 15.8 Å². The number of aryl methyl sites for hydroxylation is 1. The molecular weight excluding hydrogens is 252 g/mol. The topological polar surface area (TPSA) is 64.3 Å². The monoisotopic (exact) mass is 276 g/mol. The van der Waals surface area contributed by atoms with Gasteiger partial charge >= 0.3 is 0 Å². The van der Waals surface area contributed by atoms with Crippen LogP contribution >= 0.6 is 0 Å². The van der Waals surface area contributed by atoms with Crippen molar-refractivity contribution in [2.24, 2.45) is 5.73 Å². The summed E-state index contributed by atoms with van der Waals surface area (Å²) in [5, 5.41) is 2.97. The molecule has 0 unspecified atom stereocenters. The van der Waals surface area contributed by atoms with Crippen molar-refractivity contribution in [2.45, 2.75) is 51.5 Å².